The quantitative estimate of drug-likeness (QED) is 0.851. The normalized spacial score (nSPS) is 10.2. The molecule has 92 valence electrons. The molecule has 2 rings (SSSR count). The van der Waals surface area contributed by atoms with Crippen molar-refractivity contribution in [3.8, 4) is 0 Å². The number of amides is 1. The van der Waals surface area contributed by atoms with Gasteiger partial charge in [0.2, 0.25) is 0 Å². The average Bonchev–Trinajstić information content (AvgIpc) is 2.37. The van der Waals surface area contributed by atoms with Gasteiger partial charge in [0.05, 0.1) is 0 Å². The van der Waals surface area contributed by atoms with Gasteiger partial charge in [-0.3, -0.25) is 9.78 Å². The number of hydrogen-bond acceptors (Lipinski definition) is 2. The predicted molar refractivity (Wildman–Crippen MR) is 75.8 cm³/mol. The molecule has 0 aliphatic rings. The molecule has 1 aromatic heterocycles. The summed E-state index contributed by atoms with van der Waals surface area (Å²) in [6.45, 7) is 1.97. The molecule has 1 aromatic carbocycles. The maximum Gasteiger partial charge on any atom is 0.258 e. The number of aryl methyl sites for hydroxylation is 1. The molecule has 0 aliphatic carbocycles. The molecule has 0 atom stereocenters. The molecule has 0 spiro atoms. The highest BCUT2D eigenvalue weighted by molar-refractivity contribution is 9.10. The monoisotopic (exact) mass is 304 g/mol. The lowest BCUT2D eigenvalue weighted by Crippen LogP contribution is -2.26. The van der Waals surface area contributed by atoms with Crippen LogP contribution in [0.2, 0.25) is 0 Å². The maximum absolute atomic E-state index is 12.3. The first kappa shape index (κ1) is 12.8. The summed E-state index contributed by atoms with van der Waals surface area (Å²) in [6, 6.07) is 9.30. The van der Waals surface area contributed by atoms with Gasteiger partial charge in [-0.1, -0.05) is 15.9 Å². The molecule has 0 bridgehead atoms. The fourth-order valence-corrected chi connectivity index (χ4v) is 2.35. The highest BCUT2D eigenvalue weighted by Gasteiger charge is 2.13. The van der Waals surface area contributed by atoms with E-state index in [4.69, 9.17) is 0 Å². The van der Waals surface area contributed by atoms with Crippen LogP contribution in [0.15, 0.2) is 47.2 Å². The van der Waals surface area contributed by atoms with Crippen LogP contribution in [0.1, 0.15) is 15.9 Å². The van der Waals surface area contributed by atoms with E-state index in [-0.39, 0.29) is 5.91 Å². The summed E-state index contributed by atoms with van der Waals surface area (Å²) >= 11 is 3.41. The predicted octanol–water partition coefficient (Wildman–Crippen LogP) is 3.43. The summed E-state index contributed by atoms with van der Waals surface area (Å²) in [7, 11) is 1.76. The van der Waals surface area contributed by atoms with Crippen molar-refractivity contribution in [3.05, 3.63) is 58.3 Å². The minimum atomic E-state index is -0.0365. The molecule has 2 aromatic rings. The fraction of sp³-hybridized carbons (Fsp3) is 0.143. The van der Waals surface area contributed by atoms with E-state index in [1.54, 1.807) is 24.3 Å². The second-order valence-electron chi connectivity index (χ2n) is 4.09. The smallest absolute Gasteiger partial charge is 0.258 e. The minimum absolute atomic E-state index is 0.0365. The second-order valence-corrected chi connectivity index (χ2v) is 5.00. The molecule has 18 heavy (non-hydrogen) atoms. The second kappa shape index (κ2) is 5.31. The lowest BCUT2D eigenvalue weighted by molar-refractivity contribution is 0.0993. The maximum atomic E-state index is 12.3. The molecular formula is C14H13BrN2O. The molecular weight excluding hydrogens is 292 g/mol. The van der Waals surface area contributed by atoms with Crippen molar-refractivity contribution >= 4 is 27.5 Å². The first-order valence-corrected chi connectivity index (χ1v) is 6.32. The van der Waals surface area contributed by atoms with Gasteiger partial charge in [0.25, 0.3) is 5.91 Å². The van der Waals surface area contributed by atoms with Gasteiger partial charge in [0, 0.05) is 35.2 Å². The Balaban J connectivity index is 2.31. The van der Waals surface area contributed by atoms with E-state index < -0.39 is 0 Å². The number of benzene rings is 1. The van der Waals surface area contributed by atoms with Crippen LogP contribution < -0.4 is 4.90 Å². The first-order chi connectivity index (χ1) is 8.58. The summed E-state index contributed by atoms with van der Waals surface area (Å²) in [5.74, 6) is -0.0365. The highest BCUT2D eigenvalue weighted by atomic mass is 79.9. The standard InChI is InChI=1S/C14H13BrN2O/c1-10-7-11(9-12(15)8-10)14(18)17(2)13-3-5-16-6-4-13/h3-9H,1-2H3. The summed E-state index contributed by atoms with van der Waals surface area (Å²) < 4.78 is 0.911. The number of carbonyl (C=O) groups excluding carboxylic acids is 1. The molecule has 0 radical (unpaired) electrons. The van der Waals surface area contributed by atoms with Crippen molar-refractivity contribution in [2.75, 3.05) is 11.9 Å². The van der Waals surface area contributed by atoms with Gasteiger partial charge in [-0.25, -0.2) is 0 Å². The Labute approximate surface area is 115 Å². The fourth-order valence-electron chi connectivity index (χ4n) is 1.74. The number of anilines is 1. The van der Waals surface area contributed by atoms with E-state index in [1.807, 2.05) is 37.3 Å². The van der Waals surface area contributed by atoms with E-state index >= 15 is 0 Å². The summed E-state index contributed by atoms with van der Waals surface area (Å²) in [5, 5.41) is 0. The van der Waals surface area contributed by atoms with Gasteiger partial charge >= 0.3 is 0 Å². The number of halogens is 1. The van der Waals surface area contributed by atoms with Crippen LogP contribution in [-0.4, -0.2) is 17.9 Å². The zero-order valence-corrected chi connectivity index (χ0v) is 11.8. The van der Waals surface area contributed by atoms with Crippen LogP contribution in [0.4, 0.5) is 5.69 Å². The number of aromatic nitrogens is 1. The largest absolute Gasteiger partial charge is 0.311 e. The van der Waals surface area contributed by atoms with E-state index in [0.717, 1.165) is 15.7 Å². The van der Waals surface area contributed by atoms with Gasteiger partial charge in [0.1, 0.15) is 0 Å². The van der Waals surface area contributed by atoms with Crippen molar-refractivity contribution in [2.45, 2.75) is 6.92 Å². The molecule has 0 aliphatic heterocycles. The van der Waals surface area contributed by atoms with E-state index in [9.17, 15) is 4.79 Å². The van der Waals surface area contributed by atoms with E-state index in [0.29, 0.717) is 5.56 Å². The zero-order chi connectivity index (χ0) is 13.1. The molecule has 0 unspecified atom stereocenters. The van der Waals surface area contributed by atoms with E-state index in [1.165, 1.54) is 0 Å². The van der Waals surface area contributed by atoms with E-state index in [2.05, 4.69) is 20.9 Å². The van der Waals surface area contributed by atoms with Crippen molar-refractivity contribution in [2.24, 2.45) is 0 Å². The highest BCUT2D eigenvalue weighted by Crippen LogP contribution is 2.19. The van der Waals surface area contributed by atoms with Gasteiger partial charge in [-0.15, -0.1) is 0 Å². The number of rotatable bonds is 2. The lowest BCUT2D eigenvalue weighted by atomic mass is 10.1. The molecule has 0 N–H and O–H groups in total. The van der Waals surface area contributed by atoms with Gasteiger partial charge < -0.3 is 4.90 Å². The Bertz CT molecular complexity index is 549. The molecule has 1 amide bonds. The molecule has 0 saturated heterocycles. The lowest BCUT2D eigenvalue weighted by Gasteiger charge is -2.17. The summed E-state index contributed by atoms with van der Waals surface area (Å²) in [4.78, 5) is 17.9. The third-order valence-corrected chi connectivity index (χ3v) is 3.10. The number of nitrogens with zero attached hydrogens (tertiary/aromatic N) is 2. The third-order valence-electron chi connectivity index (χ3n) is 2.64. The van der Waals surface area contributed by atoms with Crippen LogP contribution in [0.3, 0.4) is 0 Å². The van der Waals surface area contributed by atoms with Gasteiger partial charge in [-0.05, 0) is 42.8 Å². The van der Waals surface area contributed by atoms with Crippen LogP contribution in [0.5, 0.6) is 0 Å². The van der Waals surface area contributed by atoms with Crippen molar-refractivity contribution in [3.63, 3.8) is 0 Å². The molecule has 0 fully saturated rings. The van der Waals surface area contributed by atoms with Crippen molar-refractivity contribution in [1.82, 2.24) is 4.98 Å². The molecule has 4 heteroatoms. The Morgan fingerprint density at radius 1 is 1.22 bits per heavy atom. The molecule has 0 saturated carbocycles. The zero-order valence-electron chi connectivity index (χ0n) is 10.2. The van der Waals surface area contributed by atoms with Crippen molar-refractivity contribution < 1.29 is 4.79 Å². The average molecular weight is 305 g/mol. The van der Waals surface area contributed by atoms with Gasteiger partial charge in [-0.2, -0.15) is 0 Å². The summed E-state index contributed by atoms with van der Waals surface area (Å²) in [6.07, 6.45) is 3.34. The first-order valence-electron chi connectivity index (χ1n) is 5.53. The van der Waals surface area contributed by atoms with Gasteiger partial charge in [0.15, 0.2) is 0 Å². The molecule has 3 nitrogen and oxygen atoms in total. The van der Waals surface area contributed by atoms with Crippen LogP contribution in [-0.2, 0) is 0 Å². The Hall–Kier alpha value is -1.68. The topological polar surface area (TPSA) is 33.2 Å². The van der Waals surface area contributed by atoms with Crippen LogP contribution >= 0.6 is 15.9 Å². The number of hydrogen-bond donors (Lipinski definition) is 0. The molecule has 1 heterocycles. The van der Waals surface area contributed by atoms with Crippen LogP contribution in [0.25, 0.3) is 0 Å². The SMILES string of the molecule is Cc1cc(Br)cc(C(=O)N(C)c2ccncc2)c1. The van der Waals surface area contributed by atoms with Crippen LogP contribution in [0, 0.1) is 6.92 Å². The third kappa shape index (κ3) is 2.76. The summed E-state index contributed by atoms with van der Waals surface area (Å²) in [5.41, 5.74) is 2.55. The Morgan fingerprint density at radius 3 is 2.50 bits per heavy atom. The number of carbonyl (C=O) groups is 1. The Morgan fingerprint density at radius 2 is 1.89 bits per heavy atom. The number of pyridine rings is 1. The minimum Gasteiger partial charge on any atom is -0.311 e. The van der Waals surface area contributed by atoms with Crippen molar-refractivity contribution in [1.29, 1.82) is 0 Å². The Kier molecular flexibility index (Phi) is 3.77.